The first kappa shape index (κ1) is 13.3. The fourth-order valence-corrected chi connectivity index (χ4v) is 3.79. The molecule has 0 aliphatic carbocycles. The summed E-state index contributed by atoms with van der Waals surface area (Å²) < 4.78 is 5.39. The Labute approximate surface area is 134 Å². The van der Waals surface area contributed by atoms with E-state index in [0.717, 1.165) is 11.4 Å². The Kier molecular flexibility index (Phi) is 3.28. The predicted octanol–water partition coefficient (Wildman–Crippen LogP) is 5.63. The highest BCUT2D eigenvalue weighted by molar-refractivity contribution is 7.99. The van der Waals surface area contributed by atoms with Crippen molar-refractivity contribution >= 4 is 28.8 Å². The summed E-state index contributed by atoms with van der Waals surface area (Å²) >= 11 is 1.82. The molecule has 1 aliphatic heterocycles. The van der Waals surface area contributed by atoms with E-state index in [1.165, 1.54) is 21.2 Å². The van der Waals surface area contributed by atoms with Crippen molar-refractivity contribution in [3.05, 3.63) is 72.8 Å². The molecule has 0 atom stereocenters. The van der Waals surface area contributed by atoms with Crippen molar-refractivity contribution in [2.24, 2.45) is 0 Å². The molecule has 2 nitrogen and oxygen atoms in total. The van der Waals surface area contributed by atoms with Crippen LogP contribution < -0.4 is 9.64 Å². The maximum atomic E-state index is 5.39. The molecule has 0 bridgehead atoms. The Balaban J connectivity index is 1.94. The van der Waals surface area contributed by atoms with Crippen LogP contribution >= 0.6 is 11.8 Å². The second-order valence-electron chi connectivity index (χ2n) is 5.07. The largest absolute Gasteiger partial charge is 0.497 e. The van der Waals surface area contributed by atoms with Gasteiger partial charge in [-0.15, -0.1) is 0 Å². The fraction of sp³-hybridized carbons (Fsp3) is 0.0526. The second kappa shape index (κ2) is 5.43. The van der Waals surface area contributed by atoms with Crippen molar-refractivity contribution in [1.29, 1.82) is 0 Å². The molecule has 3 aromatic rings. The Bertz CT molecular complexity index is 785. The standard InChI is InChI=1S/C19H15NOS/c1-21-15-8-6-7-14(13-15)20-16-9-2-4-11-18(16)22-19-12-5-3-10-17(19)20/h2-13H,1H3. The van der Waals surface area contributed by atoms with Crippen LogP contribution in [0.4, 0.5) is 17.1 Å². The predicted molar refractivity (Wildman–Crippen MR) is 91.8 cm³/mol. The van der Waals surface area contributed by atoms with Crippen LogP contribution in [0.5, 0.6) is 5.75 Å². The Morgan fingerprint density at radius 2 is 1.41 bits per heavy atom. The number of benzene rings is 3. The summed E-state index contributed by atoms with van der Waals surface area (Å²) in [5, 5.41) is 0. The minimum atomic E-state index is 0.866. The molecular formula is C19H15NOS. The van der Waals surface area contributed by atoms with E-state index in [9.17, 15) is 0 Å². The SMILES string of the molecule is COc1cccc(N2c3ccccc3Sc3ccccc32)c1. The number of hydrogen-bond acceptors (Lipinski definition) is 3. The minimum absolute atomic E-state index is 0.866. The van der Waals surface area contributed by atoms with Gasteiger partial charge in [-0.3, -0.25) is 0 Å². The van der Waals surface area contributed by atoms with E-state index >= 15 is 0 Å². The molecule has 4 rings (SSSR count). The number of anilines is 3. The van der Waals surface area contributed by atoms with Gasteiger partial charge < -0.3 is 9.64 Å². The molecule has 0 N–H and O–H groups in total. The number of para-hydroxylation sites is 2. The maximum Gasteiger partial charge on any atom is 0.120 e. The third-order valence-electron chi connectivity index (χ3n) is 3.74. The van der Waals surface area contributed by atoms with Crippen molar-refractivity contribution in [1.82, 2.24) is 0 Å². The van der Waals surface area contributed by atoms with E-state index in [2.05, 4.69) is 65.6 Å². The van der Waals surface area contributed by atoms with Crippen molar-refractivity contribution in [3.63, 3.8) is 0 Å². The molecule has 0 amide bonds. The van der Waals surface area contributed by atoms with Crippen LogP contribution in [0.3, 0.4) is 0 Å². The van der Waals surface area contributed by atoms with E-state index in [4.69, 9.17) is 4.74 Å². The number of methoxy groups -OCH3 is 1. The lowest BCUT2D eigenvalue weighted by Gasteiger charge is -2.32. The zero-order chi connectivity index (χ0) is 14.9. The van der Waals surface area contributed by atoms with Crippen molar-refractivity contribution in [2.75, 3.05) is 12.0 Å². The molecule has 0 radical (unpaired) electrons. The summed E-state index contributed by atoms with van der Waals surface area (Å²) in [5.74, 6) is 0.866. The summed E-state index contributed by atoms with van der Waals surface area (Å²) in [5.41, 5.74) is 3.53. The third-order valence-corrected chi connectivity index (χ3v) is 4.87. The highest BCUT2D eigenvalue weighted by Gasteiger charge is 2.24. The molecule has 0 unspecified atom stereocenters. The normalized spacial score (nSPS) is 12.5. The summed E-state index contributed by atoms with van der Waals surface area (Å²) in [6.45, 7) is 0. The topological polar surface area (TPSA) is 12.5 Å². The third kappa shape index (κ3) is 2.14. The molecule has 0 aromatic heterocycles. The first-order chi connectivity index (χ1) is 10.9. The first-order valence-electron chi connectivity index (χ1n) is 7.17. The molecule has 3 heteroatoms. The van der Waals surface area contributed by atoms with Gasteiger partial charge in [0.2, 0.25) is 0 Å². The van der Waals surface area contributed by atoms with E-state index in [0.29, 0.717) is 0 Å². The van der Waals surface area contributed by atoms with Gasteiger partial charge in [0.25, 0.3) is 0 Å². The van der Waals surface area contributed by atoms with Gasteiger partial charge in [0.15, 0.2) is 0 Å². The molecular weight excluding hydrogens is 290 g/mol. The summed E-state index contributed by atoms with van der Waals surface area (Å²) in [7, 11) is 1.70. The molecule has 108 valence electrons. The monoisotopic (exact) mass is 305 g/mol. The van der Waals surface area contributed by atoms with Gasteiger partial charge in [0.1, 0.15) is 5.75 Å². The minimum Gasteiger partial charge on any atom is -0.497 e. The number of rotatable bonds is 2. The summed E-state index contributed by atoms with van der Waals surface area (Å²) in [6, 6.07) is 25.2. The van der Waals surface area contributed by atoms with Gasteiger partial charge in [0.05, 0.1) is 18.5 Å². The van der Waals surface area contributed by atoms with Crippen molar-refractivity contribution in [2.45, 2.75) is 9.79 Å². The van der Waals surface area contributed by atoms with E-state index in [1.54, 1.807) is 7.11 Å². The zero-order valence-corrected chi connectivity index (χ0v) is 13.0. The Morgan fingerprint density at radius 3 is 2.05 bits per heavy atom. The smallest absolute Gasteiger partial charge is 0.120 e. The average molecular weight is 305 g/mol. The zero-order valence-electron chi connectivity index (χ0n) is 12.2. The number of ether oxygens (including phenoxy) is 1. The van der Waals surface area contributed by atoms with Crippen molar-refractivity contribution < 1.29 is 4.74 Å². The molecule has 0 spiro atoms. The van der Waals surface area contributed by atoms with Crippen LogP contribution in [0.15, 0.2) is 82.6 Å². The van der Waals surface area contributed by atoms with Gasteiger partial charge in [-0.05, 0) is 36.4 Å². The van der Waals surface area contributed by atoms with Crippen LogP contribution in [-0.4, -0.2) is 7.11 Å². The lowest BCUT2D eigenvalue weighted by Crippen LogP contribution is -2.14. The van der Waals surface area contributed by atoms with Crippen molar-refractivity contribution in [3.8, 4) is 5.75 Å². The molecule has 22 heavy (non-hydrogen) atoms. The Hall–Kier alpha value is -2.39. The van der Waals surface area contributed by atoms with Gasteiger partial charge in [-0.2, -0.15) is 0 Å². The summed E-state index contributed by atoms with van der Waals surface area (Å²) in [6.07, 6.45) is 0. The first-order valence-corrected chi connectivity index (χ1v) is 7.98. The van der Waals surface area contributed by atoms with Crippen LogP contribution in [0.1, 0.15) is 0 Å². The average Bonchev–Trinajstić information content (AvgIpc) is 2.59. The van der Waals surface area contributed by atoms with Gasteiger partial charge in [-0.25, -0.2) is 0 Å². The molecule has 0 saturated heterocycles. The van der Waals surface area contributed by atoms with E-state index < -0.39 is 0 Å². The van der Waals surface area contributed by atoms with Crippen LogP contribution in [-0.2, 0) is 0 Å². The van der Waals surface area contributed by atoms with E-state index in [1.807, 2.05) is 23.9 Å². The highest BCUT2D eigenvalue weighted by atomic mass is 32.2. The van der Waals surface area contributed by atoms with Crippen LogP contribution in [0.25, 0.3) is 0 Å². The molecule has 3 aromatic carbocycles. The van der Waals surface area contributed by atoms with Crippen LogP contribution in [0.2, 0.25) is 0 Å². The lowest BCUT2D eigenvalue weighted by molar-refractivity contribution is 0.415. The molecule has 0 saturated carbocycles. The fourth-order valence-electron chi connectivity index (χ4n) is 2.73. The number of nitrogens with zero attached hydrogens (tertiary/aromatic N) is 1. The molecule has 0 fully saturated rings. The molecule has 1 heterocycles. The number of hydrogen-bond donors (Lipinski definition) is 0. The Morgan fingerprint density at radius 1 is 0.773 bits per heavy atom. The highest BCUT2D eigenvalue weighted by Crippen LogP contribution is 2.51. The second-order valence-corrected chi connectivity index (χ2v) is 6.16. The van der Waals surface area contributed by atoms with Gasteiger partial charge >= 0.3 is 0 Å². The quantitative estimate of drug-likeness (QED) is 0.476. The number of fused-ring (bicyclic) bond motifs is 2. The maximum absolute atomic E-state index is 5.39. The van der Waals surface area contributed by atoms with Crippen LogP contribution in [0, 0.1) is 0 Å². The summed E-state index contributed by atoms with van der Waals surface area (Å²) in [4.78, 5) is 4.83. The van der Waals surface area contributed by atoms with E-state index in [-0.39, 0.29) is 0 Å². The van der Waals surface area contributed by atoms with Gasteiger partial charge in [-0.1, -0.05) is 42.1 Å². The lowest BCUT2D eigenvalue weighted by atomic mass is 10.2. The molecule has 1 aliphatic rings. The van der Waals surface area contributed by atoms with Gasteiger partial charge in [0, 0.05) is 21.5 Å².